The van der Waals surface area contributed by atoms with E-state index < -0.39 is 10.8 Å². The van der Waals surface area contributed by atoms with Crippen LogP contribution in [0.1, 0.15) is 10.4 Å². The Balaban J connectivity index is 2.90. The van der Waals surface area contributed by atoms with Crippen molar-refractivity contribution in [2.45, 2.75) is 0 Å². The van der Waals surface area contributed by atoms with E-state index in [1.165, 1.54) is 7.11 Å². The topological polar surface area (TPSA) is 102 Å². The standard InChI is InChI=1S/C10H12N2O5/c1-17-5-4-11-10(14)8-6-7(13)2-3-9(8)12(15)16/h2-3,6,13H,4-5H2,1H3,(H,11,14). The smallest absolute Gasteiger partial charge is 0.282 e. The number of aromatic hydroxyl groups is 1. The van der Waals surface area contributed by atoms with Gasteiger partial charge >= 0.3 is 0 Å². The van der Waals surface area contributed by atoms with Crippen molar-refractivity contribution in [3.8, 4) is 5.75 Å². The molecular weight excluding hydrogens is 228 g/mol. The van der Waals surface area contributed by atoms with E-state index in [1.54, 1.807) is 0 Å². The Morgan fingerprint density at radius 2 is 2.29 bits per heavy atom. The van der Waals surface area contributed by atoms with Gasteiger partial charge in [-0.25, -0.2) is 0 Å². The number of methoxy groups -OCH3 is 1. The summed E-state index contributed by atoms with van der Waals surface area (Å²) >= 11 is 0. The van der Waals surface area contributed by atoms with E-state index in [4.69, 9.17) is 4.74 Å². The normalized spacial score (nSPS) is 9.94. The van der Waals surface area contributed by atoms with Crippen molar-refractivity contribution in [3.63, 3.8) is 0 Å². The minimum atomic E-state index is -0.676. The van der Waals surface area contributed by atoms with Gasteiger partial charge in [0.1, 0.15) is 11.3 Å². The SMILES string of the molecule is COCCNC(=O)c1cc(O)ccc1[N+](=O)[O-]. The molecule has 1 rings (SSSR count). The molecular formula is C10H12N2O5. The fraction of sp³-hybridized carbons (Fsp3) is 0.300. The van der Waals surface area contributed by atoms with Gasteiger partial charge in [-0.05, 0) is 12.1 Å². The average Bonchev–Trinajstić information content (AvgIpc) is 2.28. The molecule has 0 saturated heterocycles. The minimum absolute atomic E-state index is 0.175. The molecule has 7 nitrogen and oxygen atoms in total. The van der Waals surface area contributed by atoms with Crippen molar-refractivity contribution in [3.05, 3.63) is 33.9 Å². The van der Waals surface area contributed by atoms with Gasteiger partial charge in [-0.2, -0.15) is 0 Å². The molecule has 0 spiro atoms. The quantitative estimate of drug-likeness (QED) is 0.447. The highest BCUT2D eigenvalue weighted by Gasteiger charge is 2.20. The Bertz CT molecular complexity index is 433. The number of nitrogens with zero attached hydrogens (tertiary/aromatic N) is 1. The number of hydrogen-bond acceptors (Lipinski definition) is 5. The highest BCUT2D eigenvalue weighted by atomic mass is 16.6. The first-order chi connectivity index (χ1) is 8.06. The lowest BCUT2D eigenvalue weighted by Gasteiger charge is -2.05. The Morgan fingerprint density at radius 1 is 1.59 bits per heavy atom. The van der Waals surface area contributed by atoms with Crippen LogP contribution in [0.5, 0.6) is 5.75 Å². The number of carbonyl (C=O) groups excluding carboxylic acids is 1. The first-order valence-corrected chi connectivity index (χ1v) is 4.80. The Kier molecular flexibility index (Phi) is 4.41. The summed E-state index contributed by atoms with van der Waals surface area (Å²) in [6, 6.07) is 3.30. The van der Waals surface area contributed by atoms with E-state index in [9.17, 15) is 20.0 Å². The van der Waals surface area contributed by atoms with Gasteiger partial charge in [0.05, 0.1) is 11.5 Å². The number of hydrogen-bond donors (Lipinski definition) is 2. The van der Waals surface area contributed by atoms with Gasteiger partial charge in [-0.15, -0.1) is 0 Å². The summed E-state index contributed by atoms with van der Waals surface area (Å²) in [4.78, 5) is 21.6. The molecule has 0 aliphatic carbocycles. The fourth-order valence-electron chi connectivity index (χ4n) is 1.23. The van der Waals surface area contributed by atoms with E-state index in [0.29, 0.717) is 6.61 Å². The molecule has 92 valence electrons. The molecule has 1 aromatic carbocycles. The second-order valence-corrected chi connectivity index (χ2v) is 3.21. The van der Waals surface area contributed by atoms with Crippen LogP contribution in [-0.2, 0) is 4.74 Å². The molecule has 0 fully saturated rings. The largest absolute Gasteiger partial charge is 0.508 e. The number of nitro benzene ring substituents is 1. The number of rotatable bonds is 5. The van der Waals surface area contributed by atoms with Gasteiger partial charge in [0.15, 0.2) is 0 Å². The van der Waals surface area contributed by atoms with Gasteiger partial charge in [0.25, 0.3) is 11.6 Å². The van der Waals surface area contributed by atoms with Gasteiger partial charge in [-0.1, -0.05) is 0 Å². The van der Waals surface area contributed by atoms with Gasteiger partial charge in [-0.3, -0.25) is 14.9 Å². The zero-order valence-electron chi connectivity index (χ0n) is 9.17. The van der Waals surface area contributed by atoms with Crippen molar-refractivity contribution in [2.75, 3.05) is 20.3 Å². The summed E-state index contributed by atoms with van der Waals surface area (Å²) in [5.74, 6) is -0.822. The van der Waals surface area contributed by atoms with Crippen LogP contribution in [0.2, 0.25) is 0 Å². The summed E-state index contributed by atoms with van der Waals surface area (Å²) in [5.41, 5.74) is -0.524. The fourth-order valence-corrected chi connectivity index (χ4v) is 1.23. The number of phenolic OH excluding ortho intramolecular Hbond substituents is 1. The van der Waals surface area contributed by atoms with Gasteiger partial charge in [0.2, 0.25) is 0 Å². The summed E-state index contributed by atoms with van der Waals surface area (Å²) in [6.45, 7) is 0.542. The second-order valence-electron chi connectivity index (χ2n) is 3.21. The average molecular weight is 240 g/mol. The van der Waals surface area contributed by atoms with E-state index in [2.05, 4.69) is 5.32 Å². The highest BCUT2D eigenvalue weighted by molar-refractivity contribution is 5.98. The highest BCUT2D eigenvalue weighted by Crippen LogP contribution is 2.22. The molecule has 1 aromatic rings. The lowest BCUT2D eigenvalue weighted by molar-refractivity contribution is -0.385. The van der Waals surface area contributed by atoms with E-state index in [1.807, 2.05) is 0 Å². The van der Waals surface area contributed by atoms with Crippen molar-refractivity contribution < 1.29 is 19.6 Å². The molecule has 0 aliphatic rings. The monoisotopic (exact) mass is 240 g/mol. The molecule has 2 N–H and O–H groups in total. The first-order valence-electron chi connectivity index (χ1n) is 4.80. The van der Waals surface area contributed by atoms with E-state index >= 15 is 0 Å². The molecule has 0 heterocycles. The zero-order chi connectivity index (χ0) is 12.8. The summed E-state index contributed by atoms with van der Waals surface area (Å²) in [5, 5.41) is 22.3. The molecule has 0 aliphatic heterocycles. The number of nitro groups is 1. The van der Waals surface area contributed by atoms with Crippen LogP contribution in [0.4, 0.5) is 5.69 Å². The molecule has 0 aromatic heterocycles. The van der Waals surface area contributed by atoms with Crippen molar-refractivity contribution >= 4 is 11.6 Å². The summed E-state index contributed by atoms with van der Waals surface area (Å²) in [7, 11) is 1.48. The molecule has 0 bridgehead atoms. The van der Waals surface area contributed by atoms with Crippen molar-refractivity contribution in [1.29, 1.82) is 0 Å². The molecule has 1 amide bonds. The van der Waals surface area contributed by atoms with Crippen LogP contribution >= 0.6 is 0 Å². The van der Waals surface area contributed by atoms with E-state index in [0.717, 1.165) is 18.2 Å². The zero-order valence-corrected chi connectivity index (χ0v) is 9.17. The molecule has 0 atom stereocenters. The lowest BCUT2D eigenvalue weighted by Crippen LogP contribution is -2.27. The maximum atomic E-state index is 11.6. The third-order valence-corrected chi connectivity index (χ3v) is 2.01. The van der Waals surface area contributed by atoms with Gasteiger partial charge < -0.3 is 15.2 Å². The molecule has 17 heavy (non-hydrogen) atoms. The third kappa shape index (κ3) is 3.42. The lowest BCUT2D eigenvalue weighted by atomic mass is 10.1. The van der Waals surface area contributed by atoms with Crippen molar-refractivity contribution in [2.24, 2.45) is 0 Å². The molecule has 0 unspecified atom stereocenters. The predicted molar refractivity (Wildman–Crippen MR) is 59.0 cm³/mol. The number of nitrogens with one attached hydrogen (secondary N) is 1. The number of phenols is 1. The molecule has 0 radical (unpaired) electrons. The minimum Gasteiger partial charge on any atom is -0.508 e. The number of benzene rings is 1. The molecule has 7 heteroatoms. The van der Waals surface area contributed by atoms with Crippen LogP contribution in [0.25, 0.3) is 0 Å². The molecule has 0 saturated carbocycles. The summed E-state index contributed by atoms with van der Waals surface area (Å²) in [6.07, 6.45) is 0. The van der Waals surface area contributed by atoms with Crippen LogP contribution in [0.15, 0.2) is 18.2 Å². The summed E-state index contributed by atoms with van der Waals surface area (Å²) < 4.78 is 4.73. The van der Waals surface area contributed by atoms with Crippen molar-refractivity contribution in [1.82, 2.24) is 5.32 Å². The predicted octanol–water partition coefficient (Wildman–Crippen LogP) is 0.677. The Hall–Kier alpha value is -2.15. The maximum Gasteiger partial charge on any atom is 0.282 e. The number of ether oxygens (including phenoxy) is 1. The van der Waals surface area contributed by atoms with Gasteiger partial charge in [0, 0.05) is 19.7 Å². The van der Waals surface area contributed by atoms with Crippen LogP contribution < -0.4 is 5.32 Å². The second kappa shape index (κ2) is 5.80. The van der Waals surface area contributed by atoms with Crippen LogP contribution in [-0.4, -0.2) is 36.2 Å². The maximum absolute atomic E-state index is 11.6. The third-order valence-electron chi connectivity index (χ3n) is 2.01. The van der Waals surface area contributed by atoms with Crippen LogP contribution in [0, 0.1) is 10.1 Å². The van der Waals surface area contributed by atoms with Crippen LogP contribution in [0.3, 0.4) is 0 Å². The number of carbonyl (C=O) groups is 1. The number of amides is 1. The van der Waals surface area contributed by atoms with E-state index in [-0.39, 0.29) is 23.5 Å². The first kappa shape index (κ1) is 12.9. The Labute approximate surface area is 97.2 Å². The Morgan fingerprint density at radius 3 is 2.88 bits per heavy atom.